The van der Waals surface area contributed by atoms with Crippen molar-refractivity contribution in [3.8, 4) is 5.75 Å². The summed E-state index contributed by atoms with van der Waals surface area (Å²) in [5.41, 5.74) is 0.987. The molecule has 1 aliphatic rings. The smallest absolute Gasteiger partial charge is 0.261 e. The van der Waals surface area contributed by atoms with Gasteiger partial charge in [0.05, 0.1) is 10.5 Å². The fourth-order valence-electron chi connectivity index (χ4n) is 2.69. The van der Waals surface area contributed by atoms with E-state index in [9.17, 15) is 9.18 Å². The van der Waals surface area contributed by atoms with E-state index in [0.717, 1.165) is 12.1 Å². The first-order chi connectivity index (χ1) is 11.6. The molecular formula is C17H18BrClFN3O2. The Morgan fingerprint density at radius 1 is 1.44 bits per heavy atom. The van der Waals surface area contributed by atoms with Gasteiger partial charge in [-0.1, -0.05) is 6.07 Å². The largest absolute Gasteiger partial charge is 0.483 e. The zero-order valence-electron chi connectivity index (χ0n) is 13.3. The lowest BCUT2D eigenvalue weighted by Crippen LogP contribution is -2.50. The molecule has 1 unspecified atom stereocenters. The van der Waals surface area contributed by atoms with Gasteiger partial charge in [-0.25, -0.2) is 4.39 Å². The van der Waals surface area contributed by atoms with E-state index >= 15 is 0 Å². The Morgan fingerprint density at radius 2 is 2.28 bits per heavy atom. The molecule has 3 rings (SSSR count). The average molecular weight is 431 g/mol. The topological polar surface area (TPSA) is 54.5 Å². The van der Waals surface area contributed by atoms with E-state index in [-0.39, 0.29) is 36.8 Å². The van der Waals surface area contributed by atoms with Crippen LogP contribution in [0.15, 0.2) is 47.2 Å². The van der Waals surface area contributed by atoms with Crippen molar-refractivity contribution in [2.45, 2.75) is 6.04 Å². The van der Waals surface area contributed by atoms with Gasteiger partial charge in [0, 0.05) is 32.0 Å². The Labute approximate surface area is 160 Å². The molecule has 1 amide bonds. The first-order valence-corrected chi connectivity index (χ1v) is 8.42. The predicted octanol–water partition coefficient (Wildman–Crippen LogP) is 2.96. The standard InChI is InChI=1S/C17H17BrFN3O2.ClH/c18-14-8-13(19)3-4-16(14)24-11-17(23)22-7-6-21-10-15(22)12-2-1-5-20-9-12;/h1-5,8-9,15,21H,6-7,10-11H2;1H. The molecule has 1 aliphatic heterocycles. The van der Waals surface area contributed by atoms with E-state index < -0.39 is 0 Å². The highest BCUT2D eigenvalue weighted by atomic mass is 79.9. The van der Waals surface area contributed by atoms with Crippen LogP contribution in [0.4, 0.5) is 4.39 Å². The minimum absolute atomic E-state index is 0. The highest BCUT2D eigenvalue weighted by Gasteiger charge is 2.28. The maximum atomic E-state index is 13.1. The van der Waals surface area contributed by atoms with Gasteiger partial charge in [-0.15, -0.1) is 12.4 Å². The van der Waals surface area contributed by atoms with Gasteiger partial charge in [0.25, 0.3) is 5.91 Å². The molecule has 1 saturated heterocycles. The molecular weight excluding hydrogens is 413 g/mol. The van der Waals surface area contributed by atoms with E-state index in [1.165, 1.54) is 18.2 Å². The SMILES string of the molecule is Cl.O=C(COc1ccc(F)cc1Br)N1CCNCC1c1cccnc1. The number of pyridine rings is 1. The molecule has 1 aromatic heterocycles. The molecule has 1 aromatic carbocycles. The van der Waals surface area contributed by atoms with Crippen LogP contribution in [-0.4, -0.2) is 42.0 Å². The van der Waals surface area contributed by atoms with Crippen molar-refractivity contribution in [1.29, 1.82) is 0 Å². The number of ether oxygens (including phenoxy) is 1. The number of nitrogens with one attached hydrogen (secondary N) is 1. The molecule has 0 saturated carbocycles. The lowest BCUT2D eigenvalue weighted by molar-refractivity contribution is -0.136. The zero-order chi connectivity index (χ0) is 16.9. The number of hydrogen-bond donors (Lipinski definition) is 1. The lowest BCUT2D eigenvalue weighted by Gasteiger charge is -2.36. The molecule has 8 heteroatoms. The normalized spacial score (nSPS) is 16.9. The van der Waals surface area contributed by atoms with Crippen LogP contribution in [0.2, 0.25) is 0 Å². The number of hydrogen-bond acceptors (Lipinski definition) is 4. The molecule has 2 heterocycles. The Hall–Kier alpha value is -1.70. The van der Waals surface area contributed by atoms with Crippen molar-refractivity contribution in [3.05, 3.63) is 58.6 Å². The van der Waals surface area contributed by atoms with Gasteiger partial charge in [0.15, 0.2) is 6.61 Å². The van der Waals surface area contributed by atoms with Crippen LogP contribution in [0.5, 0.6) is 5.75 Å². The minimum Gasteiger partial charge on any atom is -0.483 e. The summed E-state index contributed by atoms with van der Waals surface area (Å²) in [5.74, 6) is -0.0290. The number of halogens is 3. The van der Waals surface area contributed by atoms with Crippen LogP contribution in [0.1, 0.15) is 11.6 Å². The summed E-state index contributed by atoms with van der Waals surface area (Å²) in [7, 11) is 0. The van der Waals surface area contributed by atoms with Crippen molar-refractivity contribution in [2.24, 2.45) is 0 Å². The molecule has 2 aromatic rings. The molecule has 134 valence electrons. The molecule has 0 radical (unpaired) electrons. The summed E-state index contributed by atoms with van der Waals surface area (Å²) < 4.78 is 19.1. The van der Waals surface area contributed by atoms with E-state index in [4.69, 9.17) is 4.74 Å². The predicted molar refractivity (Wildman–Crippen MR) is 98.4 cm³/mol. The van der Waals surface area contributed by atoms with E-state index in [1.54, 1.807) is 17.3 Å². The molecule has 5 nitrogen and oxygen atoms in total. The number of nitrogens with zero attached hydrogens (tertiary/aromatic N) is 2. The summed E-state index contributed by atoms with van der Waals surface area (Å²) in [5, 5.41) is 3.30. The highest BCUT2D eigenvalue weighted by molar-refractivity contribution is 9.10. The monoisotopic (exact) mass is 429 g/mol. The Bertz CT molecular complexity index is 720. The van der Waals surface area contributed by atoms with Crippen molar-refractivity contribution in [2.75, 3.05) is 26.2 Å². The van der Waals surface area contributed by atoms with Crippen molar-refractivity contribution in [1.82, 2.24) is 15.2 Å². The van der Waals surface area contributed by atoms with Crippen LogP contribution >= 0.6 is 28.3 Å². The summed E-state index contributed by atoms with van der Waals surface area (Å²) in [4.78, 5) is 18.5. The average Bonchev–Trinajstić information content (AvgIpc) is 2.61. The Morgan fingerprint density at radius 3 is 3.00 bits per heavy atom. The van der Waals surface area contributed by atoms with Crippen LogP contribution in [0.3, 0.4) is 0 Å². The number of benzene rings is 1. The maximum Gasteiger partial charge on any atom is 0.261 e. The third-order valence-electron chi connectivity index (χ3n) is 3.88. The minimum atomic E-state index is -0.362. The number of carbonyl (C=O) groups excluding carboxylic acids is 1. The van der Waals surface area contributed by atoms with Crippen LogP contribution in [0.25, 0.3) is 0 Å². The Balaban J connectivity index is 0.00000225. The van der Waals surface area contributed by atoms with Gasteiger partial charge in [0.1, 0.15) is 11.6 Å². The lowest BCUT2D eigenvalue weighted by atomic mass is 10.1. The second kappa shape index (κ2) is 9.12. The van der Waals surface area contributed by atoms with Gasteiger partial charge in [0.2, 0.25) is 0 Å². The molecule has 0 aliphatic carbocycles. The Kier molecular flexibility index (Phi) is 7.16. The fraction of sp³-hybridized carbons (Fsp3) is 0.294. The number of piperazine rings is 1. The van der Waals surface area contributed by atoms with Gasteiger partial charge < -0.3 is 15.0 Å². The number of carbonyl (C=O) groups is 1. The van der Waals surface area contributed by atoms with E-state index in [1.807, 2.05) is 12.1 Å². The summed E-state index contributed by atoms with van der Waals surface area (Å²) in [6.45, 7) is 1.92. The van der Waals surface area contributed by atoms with Crippen molar-refractivity contribution < 1.29 is 13.9 Å². The second-order valence-electron chi connectivity index (χ2n) is 5.46. The quantitative estimate of drug-likeness (QED) is 0.810. The number of amides is 1. The summed E-state index contributed by atoms with van der Waals surface area (Å²) in [6.07, 6.45) is 3.48. The van der Waals surface area contributed by atoms with Gasteiger partial charge in [-0.05, 0) is 45.8 Å². The van der Waals surface area contributed by atoms with Gasteiger partial charge in [-0.3, -0.25) is 9.78 Å². The van der Waals surface area contributed by atoms with Crippen LogP contribution in [-0.2, 0) is 4.79 Å². The number of rotatable bonds is 4. The fourth-order valence-corrected chi connectivity index (χ4v) is 3.15. The van der Waals surface area contributed by atoms with Crippen LogP contribution < -0.4 is 10.1 Å². The molecule has 1 N–H and O–H groups in total. The first-order valence-electron chi connectivity index (χ1n) is 7.63. The van der Waals surface area contributed by atoms with Crippen LogP contribution in [0, 0.1) is 5.82 Å². The second-order valence-corrected chi connectivity index (χ2v) is 6.31. The summed E-state index contributed by atoms with van der Waals surface area (Å²) >= 11 is 3.23. The molecule has 25 heavy (non-hydrogen) atoms. The van der Waals surface area contributed by atoms with E-state index in [2.05, 4.69) is 26.2 Å². The molecule has 0 spiro atoms. The molecule has 1 atom stereocenters. The van der Waals surface area contributed by atoms with E-state index in [0.29, 0.717) is 23.3 Å². The van der Waals surface area contributed by atoms with Gasteiger partial charge in [-0.2, -0.15) is 0 Å². The maximum absolute atomic E-state index is 13.1. The zero-order valence-corrected chi connectivity index (χ0v) is 15.7. The van der Waals surface area contributed by atoms with Gasteiger partial charge >= 0.3 is 0 Å². The molecule has 0 bridgehead atoms. The third-order valence-corrected chi connectivity index (χ3v) is 4.50. The van der Waals surface area contributed by atoms with Crippen molar-refractivity contribution in [3.63, 3.8) is 0 Å². The summed E-state index contributed by atoms with van der Waals surface area (Å²) in [6, 6.07) is 7.86. The highest BCUT2D eigenvalue weighted by Crippen LogP contribution is 2.26. The first kappa shape index (κ1) is 19.6. The third kappa shape index (κ3) is 4.90. The van der Waals surface area contributed by atoms with Crippen molar-refractivity contribution >= 4 is 34.2 Å². The number of aromatic nitrogens is 1. The molecule has 1 fully saturated rings.